The quantitative estimate of drug-likeness (QED) is 0.821. The molecule has 0 atom stereocenters. The second-order valence-corrected chi connectivity index (χ2v) is 6.47. The Kier molecular flexibility index (Phi) is 4.29. The predicted octanol–water partition coefficient (Wildman–Crippen LogP) is 4.26. The molecule has 2 nitrogen and oxygen atoms in total. The van der Waals surface area contributed by atoms with Gasteiger partial charge in [-0.15, -0.1) is 23.1 Å². The zero-order valence-electron chi connectivity index (χ0n) is 9.15. The van der Waals surface area contributed by atoms with E-state index in [2.05, 4.69) is 0 Å². The first-order valence-corrected chi connectivity index (χ1v) is 7.50. The highest BCUT2D eigenvalue weighted by molar-refractivity contribution is 8.00. The topological polar surface area (TPSA) is 37.3 Å². The first-order valence-electron chi connectivity index (χ1n) is 5.74. The fourth-order valence-electron chi connectivity index (χ4n) is 2.04. The molecule has 1 aromatic heterocycles. The summed E-state index contributed by atoms with van der Waals surface area (Å²) in [5.41, 5.74) is 0. The summed E-state index contributed by atoms with van der Waals surface area (Å²) in [7, 11) is 0. The van der Waals surface area contributed by atoms with Crippen LogP contribution in [-0.4, -0.2) is 16.3 Å². The van der Waals surface area contributed by atoms with Gasteiger partial charge in [-0.25, -0.2) is 4.79 Å². The van der Waals surface area contributed by atoms with Crippen LogP contribution in [0.3, 0.4) is 0 Å². The number of aromatic carboxylic acids is 1. The Balaban J connectivity index is 1.94. The second kappa shape index (κ2) is 5.73. The van der Waals surface area contributed by atoms with Gasteiger partial charge < -0.3 is 5.11 Å². The van der Waals surface area contributed by atoms with Crippen molar-refractivity contribution in [1.29, 1.82) is 0 Å². The third kappa shape index (κ3) is 3.25. The summed E-state index contributed by atoms with van der Waals surface area (Å²) in [5.74, 6) is -0.808. The lowest BCUT2D eigenvalue weighted by atomic mass is 10.2. The molecule has 0 aromatic carbocycles. The van der Waals surface area contributed by atoms with E-state index in [-0.39, 0.29) is 0 Å². The number of hydrogen-bond acceptors (Lipinski definition) is 3. The molecule has 0 radical (unpaired) electrons. The van der Waals surface area contributed by atoms with Crippen molar-refractivity contribution in [2.75, 3.05) is 0 Å². The number of carbonyl (C=O) groups is 1. The predicted molar refractivity (Wildman–Crippen MR) is 68.6 cm³/mol. The van der Waals surface area contributed by atoms with Crippen LogP contribution in [0.1, 0.15) is 48.2 Å². The van der Waals surface area contributed by atoms with Gasteiger partial charge in [-0.3, -0.25) is 0 Å². The lowest BCUT2D eigenvalue weighted by Gasteiger charge is -2.11. The molecule has 1 aliphatic rings. The highest BCUT2D eigenvalue weighted by atomic mass is 32.2. The van der Waals surface area contributed by atoms with Crippen LogP contribution in [0.4, 0.5) is 0 Å². The molecule has 4 heteroatoms. The third-order valence-corrected chi connectivity index (χ3v) is 5.27. The highest BCUT2D eigenvalue weighted by Gasteiger charge is 2.15. The third-order valence-electron chi connectivity index (χ3n) is 2.89. The Labute approximate surface area is 104 Å². The van der Waals surface area contributed by atoms with Gasteiger partial charge in [0, 0.05) is 15.5 Å². The fourth-order valence-corrected chi connectivity index (χ4v) is 4.23. The minimum Gasteiger partial charge on any atom is -0.477 e. The summed E-state index contributed by atoms with van der Waals surface area (Å²) >= 11 is 3.19. The van der Waals surface area contributed by atoms with Gasteiger partial charge in [-0.2, -0.15) is 0 Å². The van der Waals surface area contributed by atoms with Crippen LogP contribution in [0, 0.1) is 0 Å². The Morgan fingerprint density at radius 1 is 1.31 bits per heavy atom. The van der Waals surface area contributed by atoms with E-state index < -0.39 is 5.97 Å². The van der Waals surface area contributed by atoms with Crippen molar-refractivity contribution in [2.45, 2.75) is 48.7 Å². The molecule has 1 aromatic rings. The Bertz CT molecular complexity index is 352. The SMILES string of the molecule is O=C(O)c1cc(SC2CCCCCC2)cs1. The monoisotopic (exact) mass is 256 g/mol. The van der Waals surface area contributed by atoms with E-state index in [0.29, 0.717) is 10.1 Å². The fraction of sp³-hybridized carbons (Fsp3) is 0.583. The molecule has 0 spiro atoms. The normalized spacial score (nSPS) is 18.2. The van der Waals surface area contributed by atoms with Crippen molar-refractivity contribution < 1.29 is 9.90 Å². The molecule has 0 aliphatic heterocycles. The molecule has 88 valence electrons. The van der Waals surface area contributed by atoms with Gasteiger partial charge in [0.1, 0.15) is 4.88 Å². The molecule has 1 fully saturated rings. The van der Waals surface area contributed by atoms with Gasteiger partial charge in [-0.05, 0) is 18.9 Å². The van der Waals surface area contributed by atoms with Gasteiger partial charge in [0.15, 0.2) is 0 Å². The summed E-state index contributed by atoms with van der Waals surface area (Å²) in [6, 6.07) is 1.81. The number of carboxylic acids is 1. The Morgan fingerprint density at radius 3 is 2.56 bits per heavy atom. The molecule has 0 unspecified atom stereocenters. The van der Waals surface area contributed by atoms with Crippen LogP contribution in [0.2, 0.25) is 0 Å². The number of thioether (sulfide) groups is 1. The van der Waals surface area contributed by atoms with Crippen LogP contribution in [0.15, 0.2) is 16.3 Å². The summed E-state index contributed by atoms with van der Waals surface area (Å²) < 4.78 is 0. The molecule has 0 saturated heterocycles. The van der Waals surface area contributed by atoms with E-state index in [1.54, 1.807) is 0 Å². The maximum atomic E-state index is 10.8. The largest absolute Gasteiger partial charge is 0.477 e. The van der Waals surface area contributed by atoms with Crippen LogP contribution < -0.4 is 0 Å². The molecule has 0 bridgehead atoms. The smallest absolute Gasteiger partial charge is 0.345 e. The first-order chi connectivity index (χ1) is 7.75. The van der Waals surface area contributed by atoms with Crippen molar-refractivity contribution in [3.8, 4) is 0 Å². The zero-order chi connectivity index (χ0) is 11.4. The molecule has 1 heterocycles. The number of carboxylic acid groups (broad SMARTS) is 1. The average Bonchev–Trinajstić information content (AvgIpc) is 2.56. The van der Waals surface area contributed by atoms with Gasteiger partial charge in [0.25, 0.3) is 0 Å². The second-order valence-electron chi connectivity index (χ2n) is 4.18. The van der Waals surface area contributed by atoms with Gasteiger partial charge in [-0.1, -0.05) is 25.7 Å². The minimum atomic E-state index is -0.808. The summed E-state index contributed by atoms with van der Waals surface area (Å²) in [6.45, 7) is 0. The molecule has 1 N–H and O–H groups in total. The number of hydrogen-bond donors (Lipinski definition) is 1. The van der Waals surface area contributed by atoms with Crippen LogP contribution in [-0.2, 0) is 0 Å². The first kappa shape index (κ1) is 12.0. The van der Waals surface area contributed by atoms with Crippen LogP contribution in [0.5, 0.6) is 0 Å². The molecule has 1 aliphatic carbocycles. The lowest BCUT2D eigenvalue weighted by molar-refractivity contribution is 0.0702. The van der Waals surface area contributed by atoms with Gasteiger partial charge in [0.05, 0.1) is 0 Å². The maximum Gasteiger partial charge on any atom is 0.345 e. The molecule has 1 saturated carbocycles. The molecular formula is C12H16O2S2. The molecular weight excluding hydrogens is 240 g/mol. The van der Waals surface area contributed by atoms with E-state index in [1.807, 2.05) is 23.2 Å². The average molecular weight is 256 g/mol. The van der Waals surface area contributed by atoms with Crippen molar-refractivity contribution in [3.63, 3.8) is 0 Å². The van der Waals surface area contributed by atoms with Crippen molar-refractivity contribution in [3.05, 3.63) is 16.3 Å². The van der Waals surface area contributed by atoms with E-state index in [1.165, 1.54) is 49.9 Å². The highest BCUT2D eigenvalue weighted by Crippen LogP contribution is 2.34. The standard InChI is InChI=1S/C12H16O2S2/c13-12(14)11-7-10(8-15-11)16-9-5-3-1-2-4-6-9/h7-9H,1-6H2,(H,13,14). The van der Waals surface area contributed by atoms with E-state index in [0.717, 1.165) is 4.90 Å². The van der Waals surface area contributed by atoms with E-state index >= 15 is 0 Å². The Hall–Kier alpha value is -0.480. The summed E-state index contributed by atoms with van der Waals surface area (Å²) in [6.07, 6.45) is 7.94. The summed E-state index contributed by atoms with van der Waals surface area (Å²) in [5, 5.41) is 11.5. The molecule has 16 heavy (non-hydrogen) atoms. The maximum absolute atomic E-state index is 10.8. The van der Waals surface area contributed by atoms with Gasteiger partial charge in [0.2, 0.25) is 0 Å². The zero-order valence-corrected chi connectivity index (χ0v) is 10.8. The molecule has 0 amide bonds. The number of rotatable bonds is 3. The van der Waals surface area contributed by atoms with Crippen LogP contribution >= 0.6 is 23.1 Å². The summed E-state index contributed by atoms with van der Waals surface area (Å²) in [4.78, 5) is 12.4. The van der Waals surface area contributed by atoms with Crippen molar-refractivity contribution in [2.24, 2.45) is 0 Å². The minimum absolute atomic E-state index is 0.455. The van der Waals surface area contributed by atoms with Crippen LogP contribution in [0.25, 0.3) is 0 Å². The van der Waals surface area contributed by atoms with Crippen molar-refractivity contribution >= 4 is 29.1 Å². The number of thiophene rings is 1. The molecule has 2 rings (SSSR count). The van der Waals surface area contributed by atoms with E-state index in [4.69, 9.17) is 5.11 Å². The lowest BCUT2D eigenvalue weighted by Crippen LogP contribution is -1.99. The van der Waals surface area contributed by atoms with E-state index in [9.17, 15) is 4.79 Å². The Morgan fingerprint density at radius 2 is 2.00 bits per heavy atom. The van der Waals surface area contributed by atoms with Gasteiger partial charge >= 0.3 is 5.97 Å². The van der Waals surface area contributed by atoms with Crippen molar-refractivity contribution in [1.82, 2.24) is 0 Å².